The fourth-order valence-corrected chi connectivity index (χ4v) is 6.59. The molecule has 12 nitrogen and oxygen atoms in total. The second kappa shape index (κ2) is 11.1. The van der Waals surface area contributed by atoms with Crippen LogP contribution in [0, 0.1) is 5.92 Å². The van der Waals surface area contributed by atoms with Crippen LogP contribution in [0.2, 0.25) is 0 Å². The fraction of sp³-hybridized carbons (Fsp3) is 0.769. The molecule has 1 saturated heterocycles. The van der Waals surface area contributed by atoms with Gasteiger partial charge in [0.25, 0.3) is 5.91 Å². The lowest BCUT2D eigenvalue weighted by molar-refractivity contribution is -0.141. The minimum atomic E-state index is -3.83. The number of allylic oxidation sites excluding steroid dienone is 1. The van der Waals surface area contributed by atoms with Crippen LogP contribution in [0.3, 0.4) is 0 Å². The van der Waals surface area contributed by atoms with E-state index in [9.17, 15) is 32.7 Å². The molecule has 4 rings (SSSR count). The highest BCUT2D eigenvalue weighted by molar-refractivity contribution is 7.91. The average molecular weight is 569 g/mol. The Bertz CT molecular complexity index is 1130. The van der Waals surface area contributed by atoms with Crippen molar-refractivity contribution in [2.75, 3.05) is 6.54 Å². The smallest absolute Gasteiger partial charge is 0.408 e. The summed E-state index contributed by atoms with van der Waals surface area (Å²) in [6.07, 6.45) is 6.46. The van der Waals surface area contributed by atoms with Gasteiger partial charge in [0.1, 0.15) is 23.2 Å². The van der Waals surface area contributed by atoms with E-state index in [0.717, 1.165) is 12.8 Å². The minimum Gasteiger partial charge on any atom is -0.444 e. The molecule has 0 spiro atoms. The van der Waals surface area contributed by atoms with E-state index in [1.807, 2.05) is 12.2 Å². The highest BCUT2D eigenvalue weighted by Gasteiger charge is 2.62. The molecule has 4 aliphatic rings. The summed E-state index contributed by atoms with van der Waals surface area (Å²) in [6.45, 7) is 5.02. The number of nitrogens with one attached hydrogen (secondary N) is 3. The Hall–Kier alpha value is -2.67. The van der Waals surface area contributed by atoms with E-state index < -0.39 is 74.3 Å². The molecule has 2 aliphatic heterocycles. The zero-order valence-corrected chi connectivity index (χ0v) is 23.6. The van der Waals surface area contributed by atoms with Gasteiger partial charge < -0.3 is 25.4 Å². The second-order valence-corrected chi connectivity index (χ2v) is 14.1. The fourth-order valence-electron chi connectivity index (χ4n) is 5.23. The maximum Gasteiger partial charge on any atom is 0.408 e. The van der Waals surface area contributed by atoms with Gasteiger partial charge in [-0.05, 0) is 59.3 Å². The Balaban J connectivity index is 1.57. The highest BCUT2D eigenvalue weighted by atomic mass is 32.2. The van der Waals surface area contributed by atoms with Crippen molar-refractivity contribution in [3.63, 3.8) is 0 Å². The number of sulfonamides is 1. The molecule has 4 N–H and O–H groups in total. The number of carbonyl (C=O) groups is 4. The summed E-state index contributed by atoms with van der Waals surface area (Å²) in [4.78, 5) is 54.1. The monoisotopic (exact) mass is 568 g/mol. The van der Waals surface area contributed by atoms with E-state index in [1.54, 1.807) is 20.8 Å². The Morgan fingerprint density at radius 2 is 1.87 bits per heavy atom. The molecule has 5 atom stereocenters. The van der Waals surface area contributed by atoms with Crippen LogP contribution >= 0.6 is 0 Å². The number of fused-ring (bicyclic) bond motifs is 2. The van der Waals surface area contributed by atoms with E-state index in [4.69, 9.17) is 4.74 Å². The third-order valence-electron chi connectivity index (χ3n) is 7.55. The van der Waals surface area contributed by atoms with Crippen molar-refractivity contribution in [1.29, 1.82) is 0 Å². The first-order valence-electron chi connectivity index (χ1n) is 13.7. The van der Waals surface area contributed by atoms with Gasteiger partial charge >= 0.3 is 6.09 Å². The van der Waals surface area contributed by atoms with E-state index in [-0.39, 0.29) is 19.4 Å². The van der Waals surface area contributed by atoms with Crippen molar-refractivity contribution in [3.05, 3.63) is 12.2 Å². The molecule has 0 aromatic rings. The number of aliphatic hydroxyl groups is 1. The summed E-state index contributed by atoms with van der Waals surface area (Å²) in [6, 6.07) is -2.05. The van der Waals surface area contributed by atoms with Gasteiger partial charge in [0.2, 0.25) is 21.8 Å². The molecule has 218 valence electrons. The zero-order valence-electron chi connectivity index (χ0n) is 22.8. The number of hydrogen-bond donors (Lipinski definition) is 4. The van der Waals surface area contributed by atoms with E-state index >= 15 is 0 Å². The largest absolute Gasteiger partial charge is 0.444 e. The van der Waals surface area contributed by atoms with Crippen LogP contribution in [0.4, 0.5) is 4.79 Å². The van der Waals surface area contributed by atoms with Crippen LogP contribution in [-0.4, -0.2) is 83.4 Å². The molecule has 0 radical (unpaired) electrons. The lowest BCUT2D eigenvalue weighted by atomic mass is 10.0. The van der Waals surface area contributed by atoms with Crippen LogP contribution in [0.25, 0.3) is 0 Å². The molecule has 2 aliphatic carbocycles. The molecular formula is C26H40N4O8S. The number of rotatable bonds is 4. The topological polar surface area (TPSA) is 171 Å². The summed E-state index contributed by atoms with van der Waals surface area (Å²) in [5, 5.41) is 15.2. The van der Waals surface area contributed by atoms with Crippen molar-refractivity contribution in [3.8, 4) is 0 Å². The second-order valence-electron chi connectivity index (χ2n) is 12.1. The SMILES string of the molecule is CC(C)(C)OC(=O)N[C@@H]1CCCCC/C=C\[C@@H]2C[C@@]2(C(=O)NS(=O)(=O)C2CC2)NC(=O)[C@@H]2C[C@@H](O)CN2C1=O. The van der Waals surface area contributed by atoms with Gasteiger partial charge in [-0.15, -0.1) is 0 Å². The standard InChI is InChI=1S/C26H40N4O8S/c1-25(2,3)38-24(35)27-19-10-8-6-4-5-7-9-16-14-26(16,23(34)29-39(36,37)18-11-12-18)28-21(32)20-13-17(31)15-30(20)22(19)33/h7,9,16-20,31H,4-6,8,10-15H2,1-3H3,(H,27,35)(H,28,32)(H,29,34)/b9-7-/t16-,17-,19-,20+,26-/m1/s1. The molecule has 2 heterocycles. The molecule has 2 saturated carbocycles. The first kappa shape index (κ1) is 29.3. The first-order valence-corrected chi connectivity index (χ1v) is 15.3. The molecular weight excluding hydrogens is 528 g/mol. The van der Waals surface area contributed by atoms with E-state index in [1.165, 1.54) is 4.90 Å². The van der Waals surface area contributed by atoms with Gasteiger partial charge in [-0.1, -0.05) is 25.0 Å². The van der Waals surface area contributed by atoms with Gasteiger partial charge in [-0.25, -0.2) is 13.2 Å². The summed E-state index contributed by atoms with van der Waals surface area (Å²) in [5.74, 6) is -2.35. The van der Waals surface area contributed by atoms with Crippen molar-refractivity contribution in [2.45, 2.75) is 113 Å². The normalized spacial score (nSPS) is 33.0. The Morgan fingerprint density at radius 3 is 2.54 bits per heavy atom. The zero-order chi connectivity index (χ0) is 28.6. The number of amides is 4. The van der Waals surface area contributed by atoms with Crippen molar-refractivity contribution in [1.82, 2.24) is 20.3 Å². The number of alkyl carbamates (subject to hydrolysis) is 1. The summed E-state index contributed by atoms with van der Waals surface area (Å²) < 4.78 is 32.4. The van der Waals surface area contributed by atoms with Gasteiger partial charge in [0.05, 0.1) is 11.4 Å². The van der Waals surface area contributed by atoms with Crippen LogP contribution in [-0.2, 0) is 29.1 Å². The predicted molar refractivity (Wildman–Crippen MR) is 141 cm³/mol. The van der Waals surface area contributed by atoms with E-state index in [0.29, 0.717) is 32.1 Å². The molecule has 0 aromatic carbocycles. The summed E-state index contributed by atoms with van der Waals surface area (Å²) in [7, 11) is -3.83. The van der Waals surface area contributed by atoms with Crippen LogP contribution in [0.1, 0.15) is 78.6 Å². The van der Waals surface area contributed by atoms with Crippen molar-refractivity contribution >= 4 is 33.8 Å². The van der Waals surface area contributed by atoms with Crippen LogP contribution in [0.5, 0.6) is 0 Å². The molecule has 0 bridgehead atoms. The third kappa shape index (κ3) is 7.10. The van der Waals surface area contributed by atoms with Gasteiger partial charge in [-0.3, -0.25) is 19.1 Å². The highest BCUT2D eigenvalue weighted by Crippen LogP contribution is 2.46. The third-order valence-corrected chi connectivity index (χ3v) is 9.37. The van der Waals surface area contributed by atoms with Crippen molar-refractivity contribution in [2.24, 2.45) is 5.92 Å². The lowest BCUT2D eigenvalue weighted by Crippen LogP contribution is -2.58. The number of aliphatic hydroxyl groups excluding tert-OH is 1. The number of ether oxygens (including phenoxy) is 1. The van der Waals surface area contributed by atoms with Crippen LogP contribution in [0.15, 0.2) is 12.2 Å². The molecule has 4 amide bonds. The summed E-state index contributed by atoms with van der Waals surface area (Å²) in [5.41, 5.74) is -2.22. The molecule has 0 unspecified atom stereocenters. The number of hydrogen-bond acceptors (Lipinski definition) is 8. The van der Waals surface area contributed by atoms with Gasteiger partial charge in [0, 0.05) is 18.9 Å². The Kier molecular flexibility index (Phi) is 8.32. The maximum atomic E-state index is 13.6. The molecule has 0 aromatic heterocycles. The first-order chi connectivity index (χ1) is 18.2. The number of nitrogens with zero attached hydrogens (tertiary/aromatic N) is 1. The van der Waals surface area contributed by atoms with Gasteiger partial charge in [0.15, 0.2) is 0 Å². The predicted octanol–water partition coefficient (Wildman–Crippen LogP) is 0.845. The average Bonchev–Trinajstić information content (AvgIpc) is 3.73. The van der Waals surface area contributed by atoms with Gasteiger partial charge in [-0.2, -0.15) is 0 Å². The number of carbonyl (C=O) groups excluding carboxylic acids is 4. The molecule has 13 heteroatoms. The molecule has 39 heavy (non-hydrogen) atoms. The quantitative estimate of drug-likeness (QED) is 0.362. The minimum absolute atomic E-state index is 0.0463. The summed E-state index contributed by atoms with van der Waals surface area (Å²) >= 11 is 0. The lowest BCUT2D eigenvalue weighted by Gasteiger charge is -2.30. The van der Waals surface area contributed by atoms with Crippen molar-refractivity contribution < 1.29 is 37.4 Å². The van der Waals surface area contributed by atoms with Crippen LogP contribution < -0.4 is 15.4 Å². The Morgan fingerprint density at radius 1 is 1.15 bits per heavy atom. The molecule has 3 fully saturated rings. The maximum absolute atomic E-state index is 13.6. The van der Waals surface area contributed by atoms with E-state index in [2.05, 4.69) is 15.4 Å². The Labute approximate surface area is 229 Å².